The van der Waals surface area contributed by atoms with Crippen LogP contribution in [0.4, 0.5) is 11.5 Å². The van der Waals surface area contributed by atoms with Gasteiger partial charge < -0.3 is 5.32 Å². The summed E-state index contributed by atoms with van der Waals surface area (Å²) in [6, 6.07) is 9.32. The molecule has 0 aliphatic carbocycles. The Kier molecular flexibility index (Phi) is 3.77. The number of halogens is 1. The number of Topliss-reactive ketones (excluding diaryl/α,β-unsaturated/α-hetero) is 1. The zero-order chi connectivity index (χ0) is 15.7. The van der Waals surface area contributed by atoms with E-state index in [1.54, 1.807) is 12.4 Å². The summed E-state index contributed by atoms with van der Waals surface area (Å²) in [5, 5.41) is 4.82. The minimum atomic E-state index is -0.00796. The van der Waals surface area contributed by atoms with E-state index >= 15 is 0 Å². The Bertz CT molecular complexity index is 877. The van der Waals surface area contributed by atoms with E-state index in [-0.39, 0.29) is 5.78 Å². The van der Waals surface area contributed by atoms with Gasteiger partial charge >= 0.3 is 0 Å². The number of hydrogen-bond acceptors (Lipinski definition) is 4. The lowest BCUT2D eigenvalue weighted by atomic mass is 10.1. The highest BCUT2D eigenvalue weighted by atomic mass is 35.5. The minimum absolute atomic E-state index is 0.00796. The van der Waals surface area contributed by atoms with Gasteiger partial charge in [-0.1, -0.05) is 17.7 Å². The number of anilines is 2. The molecule has 2 aromatic heterocycles. The molecular weight excluding hydrogens is 298 g/mol. The number of pyridine rings is 2. The van der Waals surface area contributed by atoms with Gasteiger partial charge in [-0.15, -0.1) is 0 Å². The van der Waals surface area contributed by atoms with Crippen LogP contribution < -0.4 is 5.32 Å². The van der Waals surface area contributed by atoms with Crippen molar-refractivity contribution in [2.24, 2.45) is 0 Å². The Hall–Kier alpha value is -2.46. The molecule has 1 N–H and O–H groups in total. The van der Waals surface area contributed by atoms with Crippen molar-refractivity contribution < 1.29 is 4.79 Å². The van der Waals surface area contributed by atoms with Crippen LogP contribution in [-0.2, 0) is 0 Å². The molecular formula is C17H14ClN3O. The number of carbonyl (C=O) groups is 1. The first-order valence-electron chi connectivity index (χ1n) is 6.84. The third kappa shape index (κ3) is 2.65. The number of nitrogens with zero attached hydrogens (tertiary/aromatic N) is 2. The molecule has 3 rings (SSSR count). The monoisotopic (exact) mass is 311 g/mol. The Morgan fingerprint density at radius 2 is 2.05 bits per heavy atom. The van der Waals surface area contributed by atoms with E-state index in [9.17, 15) is 4.79 Å². The fraction of sp³-hybridized carbons (Fsp3) is 0.118. The number of carbonyl (C=O) groups excluding carboxylic acids is 1. The van der Waals surface area contributed by atoms with Crippen molar-refractivity contribution in [3.05, 3.63) is 58.9 Å². The second kappa shape index (κ2) is 5.73. The predicted octanol–water partition coefficient (Wildman–Crippen LogP) is 4.54. The summed E-state index contributed by atoms with van der Waals surface area (Å²) in [7, 11) is 0. The molecule has 0 unspecified atom stereocenters. The molecule has 4 nitrogen and oxygen atoms in total. The zero-order valence-corrected chi connectivity index (χ0v) is 13.0. The first-order chi connectivity index (χ1) is 10.6. The second-order valence-electron chi connectivity index (χ2n) is 5.05. The van der Waals surface area contributed by atoms with Crippen molar-refractivity contribution in [1.29, 1.82) is 0 Å². The number of rotatable bonds is 3. The molecule has 0 bridgehead atoms. The molecule has 0 saturated heterocycles. The highest BCUT2D eigenvalue weighted by Crippen LogP contribution is 2.28. The highest BCUT2D eigenvalue weighted by molar-refractivity contribution is 6.31. The smallest absolute Gasteiger partial charge is 0.161 e. The number of nitrogens with one attached hydrogen (secondary N) is 1. The summed E-state index contributed by atoms with van der Waals surface area (Å²) < 4.78 is 0. The lowest BCUT2D eigenvalue weighted by Crippen LogP contribution is -1.99. The third-order valence-electron chi connectivity index (χ3n) is 3.53. The van der Waals surface area contributed by atoms with Gasteiger partial charge in [0, 0.05) is 34.1 Å². The Morgan fingerprint density at radius 1 is 1.23 bits per heavy atom. The number of ketones is 1. The average molecular weight is 312 g/mol. The van der Waals surface area contributed by atoms with Gasteiger partial charge in [0.25, 0.3) is 0 Å². The SMILES string of the molecule is CC(=O)c1cnc2c(Nc3cccc(Cl)c3C)nccc2c1. The van der Waals surface area contributed by atoms with Crippen molar-refractivity contribution in [3.63, 3.8) is 0 Å². The summed E-state index contributed by atoms with van der Waals surface area (Å²) in [5.74, 6) is 0.629. The van der Waals surface area contributed by atoms with Crippen LogP contribution in [0, 0.1) is 6.92 Å². The molecule has 0 aliphatic rings. The molecule has 0 radical (unpaired) electrons. The molecule has 0 atom stereocenters. The summed E-state index contributed by atoms with van der Waals surface area (Å²) in [6.45, 7) is 3.47. The largest absolute Gasteiger partial charge is 0.338 e. The van der Waals surface area contributed by atoms with E-state index < -0.39 is 0 Å². The van der Waals surface area contributed by atoms with Crippen molar-refractivity contribution in [1.82, 2.24) is 9.97 Å². The molecule has 0 fully saturated rings. The van der Waals surface area contributed by atoms with Crippen LogP contribution in [0.5, 0.6) is 0 Å². The number of aromatic nitrogens is 2. The zero-order valence-electron chi connectivity index (χ0n) is 12.2. The van der Waals surface area contributed by atoms with Gasteiger partial charge in [-0.2, -0.15) is 0 Å². The molecule has 0 amide bonds. The molecule has 0 aliphatic heterocycles. The first-order valence-corrected chi connectivity index (χ1v) is 7.22. The number of benzene rings is 1. The third-order valence-corrected chi connectivity index (χ3v) is 3.94. The maximum absolute atomic E-state index is 11.5. The summed E-state index contributed by atoms with van der Waals surface area (Å²) >= 11 is 6.14. The van der Waals surface area contributed by atoms with Crippen LogP contribution in [0.15, 0.2) is 42.7 Å². The normalized spacial score (nSPS) is 10.7. The quantitative estimate of drug-likeness (QED) is 0.722. The second-order valence-corrected chi connectivity index (χ2v) is 5.46. The van der Waals surface area contributed by atoms with Crippen LogP contribution >= 0.6 is 11.6 Å². The maximum Gasteiger partial charge on any atom is 0.161 e. The summed E-state index contributed by atoms with van der Waals surface area (Å²) in [4.78, 5) is 20.2. The maximum atomic E-state index is 11.5. The molecule has 1 aromatic carbocycles. The number of fused-ring (bicyclic) bond motifs is 1. The van der Waals surface area contributed by atoms with Crippen LogP contribution in [0.25, 0.3) is 10.9 Å². The van der Waals surface area contributed by atoms with Crippen LogP contribution in [0.2, 0.25) is 5.02 Å². The number of hydrogen-bond donors (Lipinski definition) is 1. The minimum Gasteiger partial charge on any atom is -0.338 e. The highest BCUT2D eigenvalue weighted by Gasteiger charge is 2.09. The van der Waals surface area contributed by atoms with Crippen molar-refractivity contribution in [2.45, 2.75) is 13.8 Å². The topological polar surface area (TPSA) is 54.9 Å². The van der Waals surface area contributed by atoms with Gasteiger partial charge in [0.05, 0.1) is 0 Å². The van der Waals surface area contributed by atoms with Gasteiger partial charge in [-0.3, -0.25) is 9.78 Å². The first kappa shape index (κ1) is 14.5. The van der Waals surface area contributed by atoms with E-state index in [1.165, 1.54) is 6.92 Å². The predicted molar refractivity (Wildman–Crippen MR) is 89.0 cm³/mol. The van der Waals surface area contributed by atoms with Crippen LogP contribution in [-0.4, -0.2) is 15.8 Å². The van der Waals surface area contributed by atoms with Crippen LogP contribution in [0.3, 0.4) is 0 Å². The van der Waals surface area contributed by atoms with Crippen molar-refractivity contribution >= 4 is 39.8 Å². The van der Waals surface area contributed by atoms with E-state index in [2.05, 4.69) is 15.3 Å². The van der Waals surface area contributed by atoms with E-state index in [0.717, 1.165) is 16.6 Å². The molecule has 2 heterocycles. The van der Waals surface area contributed by atoms with Crippen LogP contribution in [0.1, 0.15) is 22.8 Å². The van der Waals surface area contributed by atoms with Gasteiger partial charge in [-0.05, 0) is 43.7 Å². The van der Waals surface area contributed by atoms with Crippen molar-refractivity contribution in [2.75, 3.05) is 5.32 Å². The Balaban J connectivity index is 2.08. The molecule has 3 aromatic rings. The van der Waals surface area contributed by atoms with E-state index in [0.29, 0.717) is 21.9 Å². The fourth-order valence-corrected chi connectivity index (χ4v) is 2.39. The van der Waals surface area contributed by atoms with E-state index in [1.807, 2.05) is 37.3 Å². The van der Waals surface area contributed by atoms with Gasteiger partial charge in [-0.25, -0.2) is 4.98 Å². The average Bonchev–Trinajstić information content (AvgIpc) is 2.51. The van der Waals surface area contributed by atoms with Gasteiger partial charge in [0.15, 0.2) is 11.6 Å². The molecule has 0 saturated carbocycles. The summed E-state index contributed by atoms with van der Waals surface area (Å²) in [6.07, 6.45) is 3.26. The molecule has 5 heteroatoms. The molecule has 0 spiro atoms. The van der Waals surface area contributed by atoms with E-state index in [4.69, 9.17) is 11.6 Å². The molecule has 22 heavy (non-hydrogen) atoms. The van der Waals surface area contributed by atoms with Crippen molar-refractivity contribution in [3.8, 4) is 0 Å². The summed E-state index contributed by atoms with van der Waals surface area (Å²) in [5.41, 5.74) is 3.13. The fourth-order valence-electron chi connectivity index (χ4n) is 2.21. The Morgan fingerprint density at radius 3 is 2.82 bits per heavy atom. The Labute approximate surface area is 133 Å². The lowest BCUT2D eigenvalue weighted by Gasteiger charge is -2.11. The standard InChI is InChI=1S/C17H14ClN3O/c1-10-14(18)4-3-5-15(10)21-17-16-12(6-7-19-17)8-13(9-20-16)11(2)22/h3-9H,1-2H3,(H,19,21). The van der Waals surface area contributed by atoms with Gasteiger partial charge in [0.2, 0.25) is 0 Å². The lowest BCUT2D eigenvalue weighted by molar-refractivity contribution is 0.101. The van der Waals surface area contributed by atoms with Gasteiger partial charge in [0.1, 0.15) is 5.52 Å². The molecule has 110 valence electrons.